The molecule has 0 saturated carbocycles. The van der Waals surface area contributed by atoms with E-state index in [9.17, 15) is 9.90 Å². The molecule has 82 valence electrons. The highest BCUT2D eigenvalue weighted by Crippen LogP contribution is 2.20. The smallest absolute Gasteiger partial charge is 0.261 e. The molecule has 2 aromatic rings. The Labute approximate surface area is 92.2 Å². The lowest BCUT2D eigenvalue weighted by molar-refractivity contribution is 0.476. The maximum Gasteiger partial charge on any atom is 0.261 e. The van der Waals surface area contributed by atoms with Gasteiger partial charge in [-0.2, -0.15) is 0 Å². The summed E-state index contributed by atoms with van der Waals surface area (Å²) < 4.78 is 1.43. The van der Waals surface area contributed by atoms with Crippen molar-refractivity contribution in [1.29, 1.82) is 0 Å². The number of aromatic nitrogens is 2. The first-order valence-electron chi connectivity index (χ1n) is 5.49. The lowest BCUT2D eigenvalue weighted by Gasteiger charge is -2.15. The van der Waals surface area contributed by atoms with Gasteiger partial charge in [0.25, 0.3) is 5.56 Å². The van der Waals surface area contributed by atoms with Gasteiger partial charge in [-0.05, 0) is 37.8 Å². The van der Waals surface area contributed by atoms with Crippen molar-refractivity contribution in [2.45, 2.75) is 25.7 Å². The molecule has 3 rings (SSSR count). The van der Waals surface area contributed by atoms with Crippen LogP contribution in [-0.4, -0.2) is 14.5 Å². The van der Waals surface area contributed by atoms with Crippen molar-refractivity contribution in [1.82, 2.24) is 9.38 Å². The molecule has 0 aliphatic heterocycles. The van der Waals surface area contributed by atoms with E-state index in [1.807, 2.05) is 0 Å². The van der Waals surface area contributed by atoms with Crippen molar-refractivity contribution >= 4 is 5.65 Å². The number of hydrogen-bond donors (Lipinski definition) is 1. The monoisotopic (exact) mass is 216 g/mol. The average molecular weight is 216 g/mol. The summed E-state index contributed by atoms with van der Waals surface area (Å²) in [5.74, 6) is 0.0629. The third-order valence-electron chi connectivity index (χ3n) is 3.10. The SMILES string of the molecule is O=c1c2c(nc3c(O)cccn13)CCCC2. The zero-order valence-corrected chi connectivity index (χ0v) is 8.81. The summed E-state index contributed by atoms with van der Waals surface area (Å²) in [5.41, 5.74) is 2.01. The highest BCUT2D eigenvalue weighted by molar-refractivity contribution is 5.53. The number of aryl methyl sites for hydroxylation is 1. The Hall–Kier alpha value is -1.84. The van der Waals surface area contributed by atoms with Crippen molar-refractivity contribution in [3.63, 3.8) is 0 Å². The molecule has 0 bridgehead atoms. The summed E-state index contributed by atoms with van der Waals surface area (Å²) >= 11 is 0. The summed E-state index contributed by atoms with van der Waals surface area (Å²) in [6.07, 6.45) is 5.42. The van der Waals surface area contributed by atoms with Crippen LogP contribution in [0, 0.1) is 0 Å². The third-order valence-corrected chi connectivity index (χ3v) is 3.10. The van der Waals surface area contributed by atoms with Gasteiger partial charge in [0.05, 0.1) is 5.69 Å². The van der Waals surface area contributed by atoms with E-state index in [0.29, 0.717) is 5.65 Å². The molecule has 0 atom stereocenters. The highest BCUT2D eigenvalue weighted by Gasteiger charge is 2.17. The van der Waals surface area contributed by atoms with Crippen LogP contribution in [0.1, 0.15) is 24.1 Å². The Bertz CT molecular complexity index is 616. The fourth-order valence-corrected chi connectivity index (χ4v) is 2.28. The second kappa shape index (κ2) is 3.33. The largest absolute Gasteiger partial charge is 0.504 e. The minimum atomic E-state index is -0.0319. The lowest BCUT2D eigenvalue weighted by Crippen LogP contribution is -2.24. The zero-order valence-electron chi connectivity index (χ0n) is 8.81. The van der Waals surface area contributed by atoms with Gasteiger partial charge in [-0.15, -0.1) is 0 Å². The molecule has 0 unspecified atom stereocenters. The quantitative estimate of drug-likeness (QED) is 0.721. The van der Waals surface area contributed by atoms with Gasteiger partial charge in [0, 0.05) is 11.8 Å². The maximum atomic E-state index is 12.1. The maximum absolute atomic E-state index is 12.1. The van der Waals surface area contributed by atoms with Crippen LogP contribution in [0.3, 0.4) is 0 Å². The van der Waals surface area contributed by atoms with E-state index in [4.69, 9.17) is 0 Å². The van der Waals surface area contributed by atoms with Crippen LogP contribution >= 0.6 is 0 Å². The van der Waals surface area contributed by atoms with Gasteiger partial charge in [-0.25, -0.2) is 4.98 Å². The molecule has 16 heavy (non-hydrogen) atoms. The summed E-state index contributed by atoms with van der Waals surface area (Å²) in [6.45, 7) is 0. The van der Waals surface area contributed by atoms with Crippen LogP contribution < -0.4 is 5.56 Å². The molecule has 0 fully saturated rings. The van der Waals surface area contributed by atoms with Crippen LogP contribution in [0.4, 0.5) is 0 Å². The van der Waals surface area contributed by atoms with Gasteiger partial charge in [-0.1, -0.05) is 0 Å². The van der Waals surface area contributed by atoms with E-state index in [1.165, 1.54) is 4.40 Å². The van der Waals surface area contributed by atoms with E-state index >= 15 is 0 Å². The highest BCUT2D eigenvalue weighted by atomic mass is 16.3. The van der Waals surface area contributed by atoms with E-state index in [1.54, 1.807) is 18.3 Å². The van der Waals surface area contributed by atoms with Crippen molar-refractivity contribution < 1.29 is 5.11 Å². The molecule has 4 heteroatoms. The summed E-state index contributed by atoms with van der Waals surface area (Å²) in [5, 5.41) is 9.68. The Kier molecular flexibility index (Phi) is 1.96. The van der Waals surface area contributed by atoms with Crippen LogP contribution in [0.15, 0.2) is 23.1 Å². The number of rotatable bonds is 0. The lowest BCUT2D eigenvalue weighted by atomic mass is 9.97. The van der Waals surface area contributed by atoms with E-state index < -0.39 is 0 Å². The molecule has 0 aromatic carbocycles. The average Bonchev–Trinajstić information content (AvgIpc) is 2.31. The fourth-order valence-electron chi connectivity index (χ4n) is 2.28. The predicted molar refractivity (Wildman–Crippen MR) is 59.8 cm³/mol. The molecule has 1 aliphatic rings. The minimum absolute atomic E-state index is 0.0319. The van der Waals surface area contributed by atoms with Crippen molar-refractivity contribution in [3.05, 3.63) is 39.9 Å². The van der Waals surface area contributed by atoms with E-state index in [-0.39, 0.29) is 11.3 Å². The Morgan fingerprint density at radius 3 is 3.00 bits per heavy atom. The van der Waals surface area contributed by atoms with E-state index in [0.717, 1.165) is 36.9 Å². The standard InChI is InChI=1S/C12H12N2O2/c15-10-6-3-7-14-11(10)13-9-5-2-1-4-8(9)12(14)16/h3,6-7,15H,1-2,4-5H2. The van der Waals surface area contributed by atoms with Gasteiger partial charge in [0.1, 0.15) is 0 Å². The molecule has 0 radical (unpaired) electrons. The third kappa shape index (κ3) is 1.23. The molecule has 4 nitrogen and oxygen atoms in total. The Morgan fingerprint density at radius 1 is 1.31 bits per heavy atom. The molecular formula is C12H12N2O2. The topological polar surface area (TPSA) is 54.6 Å². The van der Waals surface area contributed by atoms with Crippen molar-refractivity contribution in [3.8, 4) is 5.75 Å². The number of nitrogens with zero attached hydrogens (tertiary/aromatic N) is 2. The summed E-state index contributed by atoms with van der Waals surface area (Å²) in [4.78, 5) is 16.5. The molecule has 2 heterocycles. The normalized spacial score (nSPS) is 15.0. The zero-order chi connectivity index (χ0) is 11.1. The van der Waals surface area contributed by atoms with Gasteiger partial charge < -0.3 is 5.11 Å². The van der Waals surface area contributed by atoms with Crippen LogP contribution in [0.5, 0.6) is 5.75 Å². The molecule has 2 aromatic heterocycles. The first-order chi connectivity index (χ1) is 7.77. The number of aromatic hydroxyl groups is 1. The van der Waals surface area contributed by atoms with Crippen LogP contribution in [0.25, 0.3) is 5.65 Å². The second-order valence-electron chi connectivity index (χ2n) is 4.14. The van der Waals surface area contributed by atoms with E-state index in [2.05, 4.69) is 4.98 Å². The second-order valence-corrected chi connectivity index (χ2v) is 4.14. The molecular weight excluding hydrogens is 204 g/mol. The fraction of sp³-hybridized carbons (Fsp3) is 0.333. The van der Waals surface area contributed by atoms with Gasteiger partial charge in [0.15, 0.2) is 11.4 Å². The van der Waals surface area contributed by atoms with Crippen molar-refractivity contribution in [2.24, 2.45) is 0 Å². The Balaban J connectivity index is 2.44. The first kappa shape index (κ1) is 9.39. The van der Waals surface area contributed by atoms with Crippen molar-refractivity contribution in [2.75, 3.05) is 0 Å². The van der Waals surface area contributed by atoms with Gasteiger partial charge in [0.2, 0.25) is 0 Å². The number of hydrogen-bond acceptors (Lipinski definition) is 3. The molecule has 0 saturated heterocycles. The first-order valence-corrected chi connectivity index (χ1v) is 5.49. The summed E-state index contributed by atoms with van der Waals surface area (Å²) in [7, 11) is 0. The summed E-state index contributed by atoms with van der Waals surface area (Å²) in [6, 6.07) is 3.21. The van der Waals surface area contributed by atoms with Crippen LogP contribution in [-0.2, 0) is 12.8 Å². The van der Waals surface area contributed by atoms with Gasteiger partial charge in [-0.3, -0.25) is 9.20 Å². The molecule has 0 spiro atoms. The Morgan fingerprint density at radius 2 is 2.12 bits per heavy atom. The van der Waals surface area contributed by atoms with Crippen LogP contribution in [0.2, 0.25) is 0 Å². The molecule has 1 aliphatic carbocycles. The van der Waals surface area contributed by atoms with Gasteiger partial charge >= 0.3 is 0 Å². The number of fused-ring (bicyclic) bond motifs is 2. The number of pyridine rings is 1. The molecule has 0 amide bonds. The minimum Gasteiger partial charge on any atom is -0.504 e. The molecule has 1 N–H and O–H groups in total. The predicted octanol–water partition coefficient (Wildman–Crippen LogP) is 1.28.